The quantitative estimate of drug-likeness (QED) is 0.518. The van der Waals surface area contributed by atoms with Crippen LogP contribution in [0.1, 0.15) is 27.4 Å². The smallest absolute Gasteiger partial charge is 0.348 e. The molecule has 0 fully saturated rings. The average Bonchev–Trinajstić information content (AvgIpc) is 2.89. The molecule has 7 nitrogen and oxygen atoms in total. The van der Waals surface area contributed by atoms with Gasteiger partial charge in [0.25, 0.3) is 0 Å². The number of amides is 2. The highest BCUT2D eigenvalue weighted by Crippen LogP contribution is 2.16. The van der Waals surface area contributed by atoms with Crippen LogP contribution in [0.4, 0.5) is 4.79 Å². The predicted molar refractivity (Wildman–Crippen MR) is 72.8 cm³/mol. The van der Waals surface area contributed by atoms with Crippen molar-refractivity contribution in [1.82, 2.24) is 10.6 Å². The number of thiophene rings is 1. The Hall–Kier alpha value is -2.09. The minimum Gasteiger partial charge on any atom is -0.481 e. The first-order valence-electron chi connectivity index (χ1n) is 5.93. The number of rotatable bonds is 7. The van der Waals surface area contributed by atoms with Gasteiger partial charge in [0.1, 0.15) is 4.88 Å². The van der Waals surface area contributed by atoms with Crippen LogP contribution in [-0.2, 0) is 16.1 Å². The van der Waals surface area contributed by atoms with Gasteiger partial charge < -0.3 is 20.5 Å². The molecule has 0 unspecified atom stereocenters. The van der Waals surface area contributed by atoms with Gasteiger partial charge >= 0.3 is 18.0 Å². The van der Waals surface area contributed by atoms with Crippen LogP contribution in [0.2, 0.25) is 0 Å². The number of aliphatic carboxylic acids is 1. The fourth-order valence-electron chi connectivity index (χ4n) is 1.35. The number of carboxylic acid groups (broad SMARTS) is 1. The number of hydrogen-bond donors (Lipinski definition) is 3. The summed E-state index contributed by atoms with van der Waals surface area (Å²) < 4.78 is 4.58. The third-order valence-corrected chi connectivity index (χ3v) is 3.39. The highest BCUT2D eigenvalue weighted by molar-refractivity contribution is 7.13. The van der Waals surface area contributed by atoms with Crippen molar-refractivity contribution in [2.45, 2.75) is 19.4 Å². The van der Waals surface area contributed by atoms with Crippen molar-refractivity contribution >= 4 is 29.3 Å². The molecular formula is C12H16N2O5S. The van der Waals surface area contributed by atoms with Gasteiger partial charge in [-0.2, -0.15) is 0 Å². The summed E-state index contributed by atoms with van der Waals surface area (Å²) >= 11 is 1.25. The lowest BCUT2D eigenvalue weighted by atomic mass is 10.3. The Bertz CT molecular complexity index is 486. The lowest BCUT2D eigenvalue weighted by molar-refractivity contribution is -0.137. The Morgan fingerprint density at radius 2 is 2.05 bits per heavy atom. The zero-order valence-corrected chi connectivity index (χ0v) is 11.8. The van der Waals surface area contributed by atoms with E-state index in [0.717, 1.165) is 4.88 Å². The summed E-state index contributed by atoms with van der Waals surface area (Å²) in [5.41, 5.74) is 0. The third kappa shape index (κ3) is 5.70. The molecule has 0 radical (unpaired) electrons. The van der Waals surface area contributed by atoms with Crippen LogP contribution in [0.25, 0.3) is 0 Å². The van der Waals surface area contributed by atoms with E-state index < -0.39 is 11.9 Å². The molecule has 8 heteroatoms. The molecule has 0 aliphatic rings. The summed E-state index contributed by atoms with van der Waals surface area (Å²) in [5, 5.41) is 13.6. The van der Waals surface area contributed by atoms with Crippen molar-refractivity contribution in [3.8, 4) is 0 Å². The second kappa shape index (κ2) is 8.16. The maximum Gasteiger partial charge on any atom is 0.348 e. The molecule has 0 saturated heterocycles. The number of hydrogen-bond acceptors (Lipinski definition) is 5. The van der Waals surface area contributed by atoms with E-state index in [4.69, 9.17) is 5.11 Å². The van der Waals surface area contributed by atoms with Crippen molar-refractivity contribution in [1.29, 1.82) is 0 Å². The van der Waals surface area contributed by atoms with Gasteiger partial charge in [0.05, 0.1) is 13.7 Å². The molecule has 1 aromatic heterocycles. The van der Waals surface area contributed by atoms with Gasteiger partial charge in [-0.3, -0.25) is 4.79 Å². The first kappa shape index (κ1) is 16.0. The zero-order valence-electron chi connectivity index (χ0n) is 11.0. The van der Waals surface area contributed by atoms with E-state index in [9.17, 15) is 14.4 Å². The van der Waals surface area contributed by atoms with Gasteiger partial charge in [0.15, 0.2) is 0 Å². The fourth-order valence-corrected chi connectivity index (χ4v) is 2.22. The summed E-state index contributed by atoms with van der Waals surface area (Å²) in [4.78, 5) is 34.2. The first-order chi connectivity index (χ1) is 9.52. The maximum absolute atomic E-state index is 11.4. The number of methoxy groups -OCH3 is 1. The minimum absolute atomic E-state index is 0.0215. The molecule has 0 saturated carbocycles. The second-order valence-corrected chi connectivity index (χ2v) is 5.03. The second-order valence-electron chi connectivity index (χ2n) is 3.86. The van der Waals surface area contributed by atoms with Crippen molar-refractivity contribution in [2.24, 2.45) is 0 Å². The molecule has 0 aromatic carbocycles. The monoisotopic (exact) mass is 300 g/mol. The topological polar surface area (TPSA) is 105 Å². The van der Waals surface area contributed by atoms with Crippen LogP contribution in [0, 0.1) is 0 Å². The van der Waals surface area contributed by atoms with Gasteiger partial charge in [-0.25, -0.2) is 9.59 Å². The maximum atomic E-state index is 11.4. The van der Waals surface area contributed by atoms with Gasteiger partial charge in [-0.15, -0.1) is 11.3 Å². The first-order valence-corrected chi connectivity index (χ1v) is 6.75. The van der Waals surface area contributed by atoms with E-state index in [1.807, 2.05) is 0 Å². The van der Waals surface area contributed by atoms with E-state index in [0.29, 0.717) is 24.4 Å². The SMILES string of the molecule is COC(=O)c1ccc(CNC(=O)NCCCC(=O)O)s1. The Balaban J connectivity index is 2.25. The lowest BCUT2D eigenvalue weighted by Gasteiger charge is -2.05. The summed E-state index contributed by atoms with van der Waals surface area (Å²) in [6, 6.07) is 3.00. The molecule has 0 aliphatic heterocycles. The van der Waals surface area contributed by atoms with E-state index >= 15 is 0 Å². The number of carbonyl (C=O) groups is 3. The van der Waals surface area contributed by atoms with Gasteiger partial charge in [0.2, 0.25) is 0 Å². The number of esters is 1. The normalized spacial score (nSPS) is 9.85. The van der Waals surface area contributed by atoms with Crippen molar-refractivity contribution in [3.05, 3.63) is 21.9 Å². The summed E-state index contributed by atoms with van der Waals surface area (Å²) in [7, 11) is 1.31. The molecule has 3 N–H and O–H groups in total. The molecule has 0 atom stereocenters. The molecule has 1 aromatic rings. The standard InChI is InChI=1S/C12H16N2O5S/c1-19-11(17)9-5-4-8(20-9)7-14-12(18)13-6-2-3-10(15)16/h4-5H,2-3,6-7H2,1H3,(H,15,16)(H2,13,14,18). The zero-order chi connectivity index (χ0) is 15.0. The Labute approximate surface area is 119 Å². The van der Waals surface area contributed by atoms with Crippen molar-refractivity contribution in [2.75, 3.05) is 13.7 Å². The molecular weight excluding hydrogens is 284 g/mol. The number of urea groups is 1. The molecule has 2 amide bonds. The summed E-state index contributed by atoms with van der Waals surface area (Å²) in [6.07, 6.45) is 0.405. The number of nitrogens with one attached hydrogen (secondary N) is 2. The summed E-state index contributed by atoms with van der Waals surface area (Å²) in [6.45, 7) is 0.600. The average molecular weight is 300 g/mol. The van der Waals surface area contributed by atoms with E-state index in [1.54, 1.807) is 12.1 Å². The van der Waals surface area contributed by atoms with Crippen LogP contribution in [-0.4, -0.2) is 36.7 Å². The van der Waals surface area contributed by atoms with Gasteiger partial charge in [-0.1, -0.05) is 0 Å². The highest BCUT2D eigenvalue weighted by Gasteiger charge is 2.09. The molecule has 110 valence electrons. The van der Waals surface area contributed by atoms with Crippen LogP contribution >= 0.6 is 11.3 Å². The molecule has 0 spiro atoms. The minimum atomic E-state index is -0.888. The van der Waals surface area contributed by atoms with Crippen LogP contribution in [0.5, 0.6) is 0 Å². The number of carbonyl (C=O) groups excluding carboxylic acids is 2. The number of carboxylic acids is 1. The third-order valence-electron chi connectivity index (χ3n) is 2.32. The highest BCUT2D eigenvalue weighted by atomic mass is 32.1. The van der Waals surface area contributed by atoms with Gasteiger partial charge in [-0.05, 0) is 18.6 Å². The summed E-state index contributed by atoms with van der Waals surface area (Å²) in [5.74, 6) is -1.29. The number of ether oxygens (including phenoxy) is 1. The van der Waals surface area contributed by atoms with Crippen LogP contribution in [0.15, 0.2) is 12.1 Å². The largest absolute Gasteiger partial charge is 0.481 e. The predicted octanol–water partition coefficient (Wildman–Crippen LogP) is 1.20. The lowest BCUT2D eigenvalue weighted by Crippen LogP contribution is -2.35. The molecule has 20 heavy (non-hydrogen) atoms. The van der Waals surface area contributed by atoms with Crippen molar-refractivity contribution < 1.29 is 24.2 Å². The molecule has 0 aliphatic carbocycles. The van der Waals surface area contributed by atoms with Crippen LogP contribution in [0.3, 0.4) is 0 Å². The fraction of sp³-hybridized carbons (Fsp3) is 0.417. The molecule has 0 bridgehead atoms. The molecule has 1 heterocycles. The van der Waals surface area contributed by atoms with E-state index in [2.05, 4.69) is 15.4 Å². The van der Waals surface area contributed by atoms with Crippen LogP contribution < -0.4 is 10.6 Å². The van der Waals surface area contributed by atoms with E-state index in [-0.39, 0.29) is 12.5 Å². The molecule has 1 rings (SSSR count). The Kier molecular flexibility index (Phi) is 6.51. The van der Waals surface area contributed by atoms with Crippen molar-refractivity contribution in [3.63, 3.8) is 0 Å². The van der Waals surface area contributed by atoms with Gasteiger partial charge in [0, 0.05) is 17.8 Å². The van der Waals surface area contributed by atoms with E-state index in [1.165, 1.54) is 18.4 Å². The Morgan fingerprint density at radius 1 is 1.30 bits per heavy atom. The Morgan fingerprint density at radius 3 is 2.70 bits per heavy atom.